The summed E-state index contributed by atoms with van der Waals surface area (Å²) < 4.78 is 5.35. The van der Waals surface area contributed by atoms with E-state index in [0.717, 1.165) is 22.7 Å². The number of carboxylic acids is 1. The molecule has 0 aliphatic heterocycles. The van der Waals surface area contributed by atoms with Crippen LogP contribution < -0.4 is 4.74 Å². The lowest BCUT2D eigenvalue weighted by atomic mass is 10.1. The fourth-order valence-electron chi connectivity index (χ4n) is 1.83. The standard InChI is InChI=1S/C15H16N2O3S/c1-10-9-12(11-5-3-4-6-13(11)20-2)17-15(16-10)21-8-7-14(18)19/h3-6,9H,7-8H2,1-2H3,(H,18,19). The van der Waals surface area contributed by atoms with Crippen molar-refractivity contribution in [1.29, 1.82) is 0 Å². The van der Waals surface area contributed by atoms with Crippen molar-refractivity contribution < 1.29 is 14.6 Å². The van der Waals surface area contributed by atoms with Crippen LogP contribution in [0.25, 0.3) is 11.3 Å². The van der Waals surface area contributed by atoms with Gasteiger partial charge in [0, 0.05) is 17.0 Å². The number of nitrogens with zero attached hydrogens (tertiary/aromatic N) is 2. The maximum atomic E-state index is 10.6. The Hall–Kier alpha value is -2.08. The number of rotatable bonds is 6. The highest BCUT2D eigenvalue weighted by Gasteiger charge is 2.10. The van der Waals surface area contributed by atoms with Crippen LogP contribution in [0.4, 0.5) is 0 Å². The second-order valence-electron chi connectivity index (χ2n) is 4.37. The zero-order valence-corrected chi connectivity index (χ0v) is 12.7. The van der Waals surface area contributed by atoms with Crippen molar-refractivity contribution in [1.82, 2.24) is 9.97 Å². The summed E-state index contributed by atoms with van der Waals surface area (Å²) in [6.45, 7) is 1.89. The van der Waals surface area contributed by atoms with E-state index in [1.54, 1.807) is 7.11 Å². The minimum absolute atomic E-state index is 0.0892. The highest BCUT2D eigenvalue weighted by Crippen LogP contribution is 2.29. The second-order valence-corrected chi connectivity index (χ2v) is 5.43. The molecule has 1 heterocycles. The first-order valence-electron chi connectivity index (χ1n) is 6.44. The van der Waals surface area contributed by atoms with E-state index in [1.165, 1.54) is 11.8 Å². The minimum Gasteiger partial charge on any atom is -0.496 e. The van der Waals surface area contributed by atoms with Crippen molar-refractivity contribution in [3.8, 4) is 17.0 Å². The molecule has 110 valence electrons. The molecule has 0 saturated heterocycles. The van der Waals surface area contributed by atoms with Gasteiger partial charge in [0.25, 0.3) is 0 Å². The Morgan fingerprint density at radius 1 is 1.33 bits per heavy atom. The largest absolute Gasteiger partial charge is 0.496 e. The first-order valence-corrected chi connectivity index (χ1v) is 7.42. The predicted octanol–water partition coefficient (Wildman–Crippen LogP) is 3.03. The Balaban J connectivity index is 2.28. The number of methoxy groups -OCH3 is 1. The van der Waals surface area contributed by atoms with E-state index in [9.17, 15) is 4.79 Å². The predicted molar refractivity (Wildman–Crippen MR) is 81.7 cm³/mol. The number of aliphatic carboxylic acids is 1. The van der Waals surface area contributed by atoms with Crippen LogP contribution in [0.15, 0.2) is 35.5 Å². The Labute approximate surface area is 127 Å². The van der Waals surface area contributed by atoms with Crippen LogP contribution in [0.2, 0.25) is 0 Å². The van der Waals surface area contributed by atoms with E-state index in [4.69, 9.17) is 9.84 Å². The van der Waals surface area contributed by atoms with Gasteiger partial charge in [-0.3, -0.25) is 4.79 Å². The summed E-state index contributed by atoms with van der Waals surface area (Å²) in [6, 6.07) is 9.53. The fourth-order valence-corrected chi connectivity index (χ4v) is 2.66. The van der Waals surface area contributed by atoms with Crippen LogP contribution in [-0.2, 0) is 4.79 Å². The number of ether oxygens (including phenoxy) is 1. The van der Waals surface area contributed by atoms with Crippen molar-refractivity contribution in [3.63, 3.8) is 0 Å². The topological polar surface area (TPSA) is 72.3 Å². The quantitative estimate of drug-likeness (QED) is 0.653. The molecule has 0 amide bonds. The smallest absolute Gasteiger partial charge is 0.304 e. The molecule has 1 aromatic heterocycles. The van der Waals surface area contributed by atoms with Gasteiger partial charge in [-0.15, -0.1) is 0 Å². The van der Waals surface area contributed by atoms with Gasteiger partial charge in [-0.25, -0.2) is 9.97 Å². The molecule has 21 heavy (non-hydrogen) atoms. The molecule has 2 aromatic rings. The van der Waals surface area contributed by atoms with Crippen LogP contribution in [0.5, 0.6) is 5.75 Å². The van der Waals surface area contributed by atoms with Crippen LogP contribution in [0.3, 0.4) is 0 Å². The summed E-state index contributed by atoms with van der Waals surface area (Å²) in [5.74, 6) is 0.377. The monoisotopic (exact) mass is 304 g/mol. The molecule has 1 N–H and O–H groups in total. The molecule has 6 heteroatoms. The maximum Gasteiger partial charge on any atom is 0.304 e. The van der Waals surface area contributed by atoms with Gasteiger partial charge >= 0.3 is 5.97 Å². The van der Waals surface area contributed by atoms with Crippen LogP contribution in [0.1, 0.15) is 12.1 Å². The molecule has 0 radical (unpaired) electrons. The molecule has 0 bridgehead atoms. The van der Waals surface area contributed by atoms with E-state index in [0.29, 0.717) is 10.9 Å². The van der Waals surface area contributed by atoms with E-state index in [1.807, 2.05) is 37.3 Å². The van der Waals surface area contributed by atoms with Gasteiger partial charge in [-0.05, 0) is 25.1 Å². The number of para-hydroxylation sites is 1. The van der Waals surface area contributed by atoms with Crippen molar-refractivity contribution in [3.05, 3.63) is 36.0 Å². The van der Waals surface area contributed by atoms with Crippen molar-refractivity contribution in [2.24, 2.45) is 0 Å². The van der Waals surface area contributed by atoms with Crippen LogP contribution in [0, 0.1) is 6.92 Å². The molecule has 0 fully saturated rings. The van der Waals surface area contributed by atoms with Gasteiger partial charge in [0.05, 0.1) is 19.2 Å². The van der Waals surface area contributed by atoms with Gasteiger partial charge in [0.15, 0.2) is 5.16 Å². The van der Waals surface area contributed by atoms with E-state index in [-0.39, 0.29) is 6.42 Å². The number of benzene rings is 1. The molecule has 0 aliphatic carbocycles. The number of aromatic nitrogens is 2. The number of carboxylic acid groups (broad SMARTS) is 1. The molecule has 0 spiro atoms. The summed E-state index contributed by atoms with van der Waals surface area (Å²) in [4.78, 5) is 19.4. The summed E-state index contributed by atoms with van der Waals surface area (Å²) >= 11 is 1.34. The summed E-state index contributed by atoms with van der Waals surface area (Å²) in [7, 11) is 1.62. The third-order valence-electron chi connectivity index (χ3n) is 2.76. The number of carbonyl (C=O) groups is 1. The Kier molecular flexibility index (Phi) is 5.16. The molecule has 0 unspecified atom stereocenters. The number of hydrogen-bond acceptors (Lipinski definition) is 5. The molecule has 5 nitrogen and oxygen atoms in total. The normalized spacial score (nSPS) is 10.4. The van der Waals surface area contributed by atoms with E-state index in [2.05, 4.69) is 9.97 Å². The van der Waals surface area contributed by atoms with E-state index >= 15 is 0 Å². The average molecular weight is 304 g/mol. The van der Waals surface area contributed by atoms with Gasteiger partial charge < -0.3 is 9.84 Å². The highest BCUT2D eigenvalue weighted by molar-refractivity contribution is 7.99. The average Bonchev–Trinajstić information content (AvgIpc) is 2.46. The molecule has 0 saturated carbocycles. The lowest BCUT2D eigenvalue weighted by Gasteiger charge is -2.09. The maximum absolute atomic E-state index is 10.6. The SMILES string of the molecule is COc1ccccc1-c1cc(C)nc(SCCC(=O)O)n1. The highest BCUT2D eigenvalue weighted by atomic mass is 32.2. The van der Waals surface area contributed by atoms with E-state index < -0.39 is 5.97 Å². The molecule has 0 aliphatic rings. The molecular formula is C15H16N2O3S. The number of hydrogen-bond donors (Lipinski definition) is 1. The fraction of sp³-hybridized carbons (Fsp3) is 0.267. The van der Waals surface area contributed by atoms with Crippen molar-refractivity contribution >= 4 is 17.7 Å². The summed E-state index contributed by atoms with van der Waals surface area (Å²) in [6.07, 6.45) is 0.0892. The third kappa shape index (κ3) is 4.19. The number of aryl methyl sites for hydroxylation is 1. The zero-order valence-electron chi connectivity index (χ0n) is 11.9. The third-order valence-corrected chi connectivity index (χ3v) is 3.61. The van der Waals surface area contributed by atoms with Gasteiger partial charge in [-0.2, -0.15) is 0 Å². The van der Waals surface area contributed by atoms with Crippen LogP contribution >= 0.6 is 11.8 Å². The lowest BCUT2D eigenvalue weighted by molar-refractivity contribution is -0.136. The van der Waals surface area contributed by atoms with Gasteiger partial charge in [-0.1, -0.05) is 23.9 Å². The van der Waals surface area contributed by atoms with Crippen molar-refractivity contribution in [2.75, 3.05) is 12.9 Å². The Morgan fingerprint density at radius 3 is 2.81 bits per heavy atom. The minimum atomic E-state index is -0.819. The van der Waals surface area contributed by atoms with Crippen molar-refractivity contribution in [2.45, 2.75) is 18.5 Å². The van der Waals surface area contributed by atoms with Crippen LogP contribution in [-0.4, -0.2) is 33.9 Å². The Bertz CT molecular complexity index is 647. The van der Waals surface area contributed by atoms with Gasteiger partial charge in [0.1, 0.15) is 5.75 Å². The first kappa shape index (κ1) is 15.3. The summed E-state index contributed by atoms with van der Waals surface area (Å²) in [5.41, 5.74) is 2.51. The summed E-state index contributed by atoms with van der Waals surface area (Å²) in [5, 5.41) is 9.26. The molecule has 0 atom stereocenters. The molecular weight excluding hydrogens is 288 g/mol. The molecule has 1 aromatic carbocycles. The first-order chi connectivity index (χ1) is 10.1. The zero-order chi connectivity index (χ0) is 15.2. The molecule has 2 rings (SSSR count). The number of thioether (sulfide) groups is 1. The van der Waals surface area contributed by atoms with Gasteiger partial charge in [0.2, 0.25) is 0 Å². The second kappa shape index (κ2) is 7.08. The Morgan fingerprint density at radius 2 is 2.10 bits per heavy atom. The lowest BCUT2D eigenvalue weighted by Crippen LogP contribution is -1.99.